The summed E-state index contributed by atoms with van der Waals surface area (Å²) in [5, 5.41) is 3.09. The number of fused-ring (bicyclic) bond motifs is 2. The fourth-order valence-corrected chi connectivity index (χ4v) is 4.19. The second-order valence-electron chi connectivity index (χ2n) is 7.74. The minimum absolute atomic E-state index is 0. The van der Waals surface area contributed by atoms with Gasteiger partial charge in [-0.05, 0) is 69.1 Å². The molecule has 2 unspecified atom stereocenters. The van der Waals surface area contributed by atoms with Crippen molar-refractivity contribution in [3.8, 4) is 0 Å². The van der Waals surface area contributed by atoms with E-state index in [1.165, 1.54) is 19.3 Å². The van der Waals surface area contributed by atoms with E-state index in [2.05, 4.69) is 5.32 Å². The van der Waals surface area contributed by atoms with Crippen molar-refractivity contribution in [2.24, 2.45) is 23.5 Å². The third-order valence-electron chi connectivity index (χ3n) is 5.59. The molecule has 0 spiro atoms. The number of hydrogen-bond acceptors (Lipinski definition) is 3. The van der Waals surface area contributed by atoms with Gasteiger partial charge in [-0.25, -0.2) is 0 Å². The van der Waals surface area contributed by atoms with E-state index in [0.717, 1.165) is 24.1 Å². The average Bonchev–Trinajstić information content (AvgIpc) is 2.53. The van der Waals surface area contributed by atoms with E-state index in [-0.39, 0.29) is 30.3 Å². The van der Waals surface area contributed by atoms with Crippen molar-refractivity contribution in [1.82, 2.24) is 0 Å². The van der Waals surface area contributed by atoms with Crippen LogP contribution in [0, 0.1) is 17.8 Å². The highest BCUT2D eigenvalue weighted by atomic mass is 35.5. The monoisotopic (exact) mass is 366 g/mol. The largest absolute Gasteiger partial charge is 0.374 e. The van der Waals surface area contributed by atoms with E-state index in [0.29, 0.717) is 24.5 Å². The summed E-state index contributed by atoms with van der Waals surface area (Å²) in [6, 6.07) is 8.27. The van der Waals surface area contributed by atoms with Gasteiger partial charge in [0.1, 0.15) is 0 Å². The molecule has 4 nitrogen and oxygen atoms in total. The lowest BCUT2D eigenvalue weighted by Crippen LogP contribution is -2.48. The Morgan fingerprint density at radius 2 is 1.80 bits per heavy atom. The number of nitrogens with two attached hydrogens (primary N) is 1. The molecule has 2 atom stereocenters. The fraction of sp³-hybridized carbons (Fsp3) is 0.650. The lowest BCUT2D eigenvalue weighted by Gasteiger charge is -2.43. The van der Waals surface area contributed by atoms with Crippen molar-refractivity contribution in [1.29, 1.82) is 0 Å². The van der Waals surface area contributed by atoms with Gasteiger partial charge >= 0.3 is 0 Å². The molecular weight excluding hydrogens is 336 g/mol. The molecule has 2 saturated carbocycles. The van der Waals surface area contributed by atoms with Gasteiger partial charge < -0.3 is 15.8 Å². The van der Waals surface area contributed by atoms with Crippen molar-refractivity contribution in [2.45, 2.75) is 64.7 Å². The molecule has 0 saturated heterocycles. The smallest absolute Gasteiger partial charge is 0.227 e. The van der Waals surface area contributed by atoms with Gasteiger partial charge in [-0.2, -0.15) is 0 Å². The number of amides is 1. The molecule has 1 amide bonds. The first-order valence-electron chi connectivity index (χ1n) is 9.30. The summed E-state index contributed by atoms with van der Waals surface area (Å²) in [5.74, 6) is 1.33. The molecule has 2 aliphatic carbocycles. The molecule has 3 N–H and O–H groups in total. The minimum atomic E-state index is 0. The van der Waals surface area contributed by atoms with Crippen molar-refractivity contribution in [3.63, 3.8) is 0 Å². The molecule has 5 heteroatoms. The summed E-state index contributed by atoms with van der Waals surface area (Å²) < 4.78 is 5.60. The van der Waals surface area contributed by atoms with Gasteiger partial charge in [0.25, 0.3) is 0 Å². The van der Waals surface area contributed by atoms with Gasteiger partial charge in [-0.15, -0.1) is 12.4 Å². The molecule has 0 radical (unpaired) electrons. The second-order valence-corrected chi connectivity index (χ2v) is 7.74. The van der Waals surface area contributed by atoms with Crippen molar-refractivity contribution < 1.29 is 9.53 Å². The first kappa shape index (κ1) is 20.2. The number of hydrogen-bond donors (Lipinski definition) is 2. The third-order valence-corrected chi connectivity index (χ3v) is 5.59. The highest BCUT2D eigenvalue weighted by Gasteiger charge is 2.40. The lowest BCUT2D eigenvalue weighted by atomic mass is 9.65. The Morgan fingerprint density at radius 1 is 1.20 bits per heavy atom. The van der Waals surface area contributed by atoms with Gasteiger partial charge in [-0.1, -0.05) is 18.6 Å². The molecule has 0 aliphatic heterocycles. The fourth-order valence-electron chi connectivity index (χ4n) is 4.19. The van der Waals surface area contributed by atoms with Crippen LogP contribution < -0.4 is 11.1 Å². The van der Waals surface area contributed by atoms with Crippen LogP contribution >= 0.6 is 12.4 Å². The zero-order valence-electron chi connectivity index (χ0n) is 15.2. The summed E-state index contributed by atoms with van der Waals surface area (Å²) in [4.78, 5) is 12.6. The number of carbonyl (C=O) groups is 1. The van der Waals surface area contributed by atoms with Gasteiger partial charge in [0.2, 0.25) is 5.91 Å². The summed E-state index contributed by atoms with van der Waals surface area (Å²) in [5.41, 5.74) is 8.32. The normalized spacial score (nSPS) is 28.3. The highest BCUT2D eigenvalue weighted by molar-refractivity contribution is 5.92. The van der Waals surface area contributed by atoms with E-state index in [4.69, 9.17) is 10.5 Å². The molecule has 2 bridgehead atoms. The Labute approximate surface area is 157 Å². The zero-order chi connectivity index (χ0) is 17.1. The van der Waals surface area contributed by atoms with Crippen LogP contribution in [-0.4, -0.2) is 18.1 Å². The summed E-state index contributed by atoms with van der Waals surface area (Å²) in [6.45, 7) is 4.66. The number of anilines is 1. The zero-order valence-corrected chi connectivity index (χ0v) is 16.1. The molecular formula is C20H31ClN2O2. The van der Waals surface area contributed by atoms with Crippen LogP contribution in [0.25, 0.3) is 0 Å². The topological polar surface area (TPSA) is 64.3 Å². The van der Waals surface area contributed by atoms with Gasteiger partial charge in [0.15, 0.2) is 0 Å². The Bertz CT molecular complexity index is 547. The van der Waals surface area contributed by atoms with E-state index in [1.807, 2.05) is 38.1 Å². The van der Waals surface area contributed by atoms with Crippen molar-refractivity contribution in [3.05, 3.63) is 29.8 Å². The Hall–Kier alpha value is -1.10. The molecule has 1 aromatic carbocycles. The van der Waals surface area contributed by atoms with Crippen molar-refractivity contribution in [2.75, 3.05) is 5.32 Å². The summed E-state index contributed by atoms with van der Waals surface area (Å²) in [7, 11) is 0. The quantitative estimate of drug-likeness (QED) is 0.823. The maximum absolute atomic E-state index is 12.6. The third kappa shape index (κ3) is 5.19. The summed E-state index contributed by atoms with van der Waals surface area (Å²) in [6.07, 6.45) is 5.77. The number of rotatable bonds is 5. The SMILES string of the molecule is CC(C)OCc1ccc(NC(=O)C2CC3CCCC(C2)C3N)cc1.Cl. The number of halogens is 1. The van der Waals surface area contributed by atoms with Gasteiger partial charge in [0, 0.05) is 17.6 Å². The molecule has 3 rings (SSSR count). The molecule has 0 aromatic heterocycles. The summed E-state index contributed by atoms with van der Waals surface area (Å²) >= 11 is 0. The Kier molecular flexibility index (Phi) is 7.29. The van der Waals surface area contributed by atoms with E-state index in [9.17, 15) is 4.79 Å². The molecule has 2 fully saturated rings. The first-order valence-corrected chi connectivity index (χ1v) is 9.30. The predicted octanol–water partition coefficient (Wildman–Crippen LogP) is 4.13. The van der Waals surface area contributed by atoms with E-state index in [1.54, 1.807) is 0 Å². The highest BCUT2D eigenvalue weighted by Crippen LogP contribution is 2.42. The van der Waals surface area contributed by atoms with Crippen LogP contribution in [-0.2, 0) is 16.1 Å². The van der Waals surface area contributed by atoms with E-state index < -0.39 is 0 Å². The maximum Gasteiger partial charge on any atom is 0.227 e. The van der Waals surface area contributed by atoms with Crippen LogP contribution in [0.2, 0.25) is 0 Å². The van der Waals surface area contributed by atoms with Gasteiger partial charge in [0.05, 0.1) is 12.7 Å². The maximum atomic E-state index is 12.6. The number of ether oxygens (including phenoxy) is 1. The standard InChI is InChI=1S/C20H30N2O2.ClH/c1-13(2)24-12-14-6-8-18(9-7-14)22-20(23)17-10-15-4-3-5-16(11-17)19(15)21;/h6-9,13,15-17,19H,3-5,10-12,21H2,1-2H3,(H,22,23);1H. The van der Waals surface area contributed by atoms with Crippen LogP contribution in [0.3, 0.4) is 0 Å². The minimum Gasteiger partial charge on any atom is -0.374 e. The second kappa shape index (κ2) is 9.02. The molecule has 140 valence electrons. The Morgan fingerprint density at radius 3 is 2.36 bits per heavy atom. The molecule has 0 heterocycles. The molecule has 25 heavy (non-hydrogen) atoms. The molecule has 2 aliphatic rings. The predicted molar refractivity (Wildman–Crippen MR) is 104 cm³/mol. The van der Waals surface area contributed by atoms with Crippen LogP contribution in [0.15, 0.2) is 24.3 Å². The van der Waals surface area contributed by atoms with Gasteiger partial charge in [-0.3, -0.25) is 4.79 Å². The number of nitrogens with one attached hydrogen (secondary N) is 1. The molecule has 1 aromatic rings. The number of carbonyl (C=O) groups excluding carboxylic acids is 1. The van der Waals surface area contributed by atoms with Crippen molar-refractivity contribution >= 4 is 24.0 Å². The van der Waals surface area contributed by atoms with E-state index >= 15 is 0 Å². The Balaban J connectivity index is 0.00000225. The van der Waals surface area contributed by atoms with Crippen LogP contribution in [0.1, 0.15) is 51.5 Å². The van der Waals surface area contributed by atoms with Crippen LogP contribution in [0.4, 0.5) is 5.69 Å². The first-order chi connectivity index (χ1) is 11.5. The number of benzene rings is 1. The average molecular weight is 367 g/mol. The lowest BCUT2D eigenvalue weighted by molar-refractivity contribution is -0.122. The van der Waals surface area contributed by atoms with Crippen LogP contribution in [0.5, 0.6) is 0 Å².